The van der Waals surface area contributed by atoms with Crippen LogP contribution in [0.25, 0.3) is 0 Å². The van der Waals surface area contributed by atoms with Gasteiger partial charge in [-0.3, -0.25) is 0 Å². The molecule has 0 radical (unpaired) electrons. The second-order valence-electron chi connectivity index (χ2n) is 4.80. The molecule has 2 unspecified atom stereocenters. The second kappa shape index (κ2) is 6.10. The summed E-state index contributed by atoms with van der Waals surface area (Å²) in [6.07, 6.45) is 2.35. The molecule has 2 atom stereocenters. The van der Waals surface area contributed by atoms with Crippen molar-refractivity contribution in [2.45, 2.75) is 45.8 Å². The molecule has 0 bridgehead atoms. The van der Waals surface area contributed by atoms with E-state index in [9.17, 15) is 0 Å². The molecule has 3 nitrogen and oxygen atoms in total. The molecule has 1 aliphatic rings. The van der Waals surface area contributed by atoms with E-state index >= 15 is 0 Å². The van der Waals surface area contributed by atoms with Crippen molar-refractivity contribution in [1.29, 1.82) is 0 Å². The van der Waals surface area contributed by atoms with Gasteiger partial charge in [0.15, 0.2) is 0 Å². The summed E-state index contributed by atoms with van der Waals surface area (Å²) in [7, 11) is 0. The second-order valence-corrected chi connectivity index (χ2v) is 4.80. The predicted molar refractivity (Wildman–Crippen MR) is 73.4 cm³/mol. The molecule has 1 heterocycles. The molecule has 18 heavy (non-hydrogen) atoms. The quantitative estimate of drug-likeness (QED) is 0.839. The fourth-order valence-electron chi connectivity index (χ4n) is 2.28. The van der Waals surface area contributed by atoms with Crippen molar-refractivity contribution in [2.75, 3.05) is 13.2 Å². The maximum Gasteiger partial charge on any atom is 0.125 e. The highest BCUT2D eigenvalue weighted by atomic mass is 16.5. The van der Waals surface area contributed by atoms with Gasteiger partial charge in [-0.1, -0.05) is 13.8 Å². The predicted octanol–water partition coefficient (Wildman–Crippen LogP) is 3.30. The van der Waals surface area contributed by atoms with E-state index in [1.54, 1.807) is 0 Å². The number of hydrogen-bond acceptors (Lipinski definition) is 3. The van der Waals surface area contributed by atoms with Crippen molar-refractivity contribution >= 4 is 0 Å². The van der Waals surface area contributed by atoms with E-state index in [4.69, 9.17) is 9.47 Å². The van der Waals surface area contributed by atoms with E-state index in [0.29, 0.717) is 0 Å². The molecule has 0 aliphatic carbocycles. The number of nitrogens with one attached hydrogen (secondary N) is 1. The Hall–Kier alpha value is -1.22. The van der Waals surface area contributed by atoms with Gasteiger partial charge in [-0.2, -0.15) is 0 Å². The first kappa shape index (κ1) is 13.2. The molecule has 1 aromatic carbocycles. The van der Waals surface area contributed by atoms with Crippen LogP contribution >= 0.6 is 0 Å². The van der Waals surface area contributed by atoms with Gasteiger partial charge in [-0.25, -0.2) is 0 Å². The SMILES string of the molecule is CCCNC1c2cc(OCCC)ccc2OC1C. The minimum Gasteiger partial charge on any atom is -0.494 e. The summed E-state index contributed by atoms with van der Waals surface area (Å²) in [6.45, 7) is 8.18. The van der Waals surface area contributed by atoms with Gasteiger partial charge in [0.25, 0.3) is 0 Å². The Morgan fingerprint density at radius 2 is 2.11 bits per heavy atom. The number of benzene rings is 1. The lowest BCUT2D eigenvalue weighted by atomic mass is 10.0. The Kier molecular flexibility index (Phi) is 4.48. The first-order valence-electron chi connectivity index (χ1n) is 6.93. The van der Waals surface area contributed by atoms with Gasteiger partial charge >= 0.3 is 0 Å². The van der Waals surface area contributed by atoms with Crippen LogP contribution in [0.5, 0.6) is 11.5 Å². The number of rotatable bonds is 6. The minimum absolute atomic E-state index is 0.188. The molecular weight excluding hydrogens is 226 g/mol. The minimum atomic E-state index is 0.188. The highest BCUT2D eigenvalue weighted by Gasteiger charge is 2.30. The first-order valence-corrected chi connectivity index (χ1v) is 6.93. The zero-order valence-electron chi connectivity index (χ0n) is 11.5. The third-order valence-corrected chi connectivity index (χ3v) is 3.19. The standard InChI is InChI=1S/C15H23NO2/c1-4-8-16-15-11(3)18-14-7-6-12(10-13(14)15)17-9-5-2/h6-7,10-11,15-16H,4-5,8-9H2,1-3H3. The number of hydrogen-bond donors (Lipinski definition) is 1. The topological polar surface area (TPSA) is 30.5 Å². The van der Waals surface area contributed by atoms with E-state index in [-0.39, 0.29) is 12.1 Å². The summed E-state index contributed by atoms with van der Waals surface area (Å²) in [6, 6.07) is 6.40. The Morgan fingerprint density at radius 3 is 2.83 bits per heavy atom. The summed E-state index contributed by atoms with van der Waals surface area (Å²) in [4.78, 5) is 0. The van der Waals surface area contributed by atoms with Crippen LogP contribution in [0.1, 0.15) is 45.2 Å². The molecule has 100 valence electrons. The maximum atomic E-state index is 5.86. The van der Waals surface area contributed by atoms with Gasteiger partial charge in [-0.15, -0.1) is 0 Å². The lowest BCUT2D eigenvalue weighted by Crippen LogP contribution is -2.29. The molecule has 0 saturated carbocycles. The van der Waals surface area contributed by atoms with Crippen molar-refractivity contribution in [2.24, 2.45) is 0 Å². The average molecular weight is 249 g/mol. The van der Waals surface area contributed by atoms with Gasteiger partial charge in [0, 0.05) is 5.56 Å². The lowest BCUT2D eigenvalue weighted by Gasteiger charge is -2.16. The number of ether oxygens (including phenoxy) is 2. The summed E-state index contributed by atoms with van der Waals surface area (Å²) in [5, 5.41) is 3.54. The third kappa shape index (κ3) is 2.78. The largest absolute Gasteiger partial charge is 0.494 e. The van der Waals surface area contributed by atoms with Crippen LogP contribution in [0.15, 0.2) is 18.2 Å². The monoisotopic (exact) mass is 249 g/mol. The van der Waals surface area contributed by atoms with Crippen LogP contribution in [0, 0.1) is 0 Å². The van der Waals surface area contributed by atoms with Crippen molar-refractivity contribution < 1.29 is 9.47 Å². The van der Waals surface area contributed by atoms with Crippen LogP contribution in [-0.2, 0) is 0 Å². The fourth-order valence-corrected chi connectivity index (χ4v) is 2.28. The van der Waals surface area contributed by atoms with Crippen LogP contribution in [-0.4, -0.2) is 19.3 Å². The van der Waals surface area contributed by atoms with E-state index in [1.807, 2.05) is 12.1 Å². The van der Waals surface area contributed by atoms with Crippen LogP contribution in [0.2, 0.25) is 0 Å². The highest BCUT2D eigenvalue weighted by Crippen LogP contribution is 2.38. The molecule has 3 heteroatoms. The summed E-state index contributed by atoms with van der Waals surface area (Å²) in [5.74, 6) is 1.93. The van der Waals surface area contributed by atoms with Crippen molar-refractivity contribution in [3.63, 3.8) is 0 Å². The first-order chi connectivity index (χ1) is 8.76. The highest BCUT2D eigenvalue weighted by molar-refractivity contribution is 5.45. The van der Waals surface area contributed by atoms with Crippen LogP contribution < -0.4 is 14.8 Å². The zero-order valence-corrected chi connectivity index (χ0v) is 11.5. The zero-order chi connectivity index (χ0) is 13.0. The molecule has 1 aliphatic heterocycles. The molecular formula is C15H23NO2. The molecule has 0 spiro atoms. The molecule has 0 fully saturated rings. The molecule has 2 rings (SSSR count). The van der Waals surface area contributed by atoms with Crippen LogP contribution in [0.4, 0.5) is 0 Å². The van der Waals surface area contributed by atoms with Gasteiger partial charge in [0.1, 0.15) is 17.6 Å². The number of fused-ring (bicyclic) bond motifs is 1. The van der Waals surface area contributed by atoms with Crippen molar-refractivity contribution in [3.8, 4) is 11.5 Å². The van der Waals surface area contributed by atoms with E-state index in [0.717, 1.165) is 37.5 Å². The van der Waals surface area contributed by atoms with Gasteiger partial charge in [0.05, 0.1) is 12.6 Å². The Balaban J connectivity index is 2.14. The molecule has 1 aromatic rings. The van der Waals surface area contributed by atoms with Gasteiger partial charge in [-0.05, 0) is 44.5 Å². The Morgan fingerprint density at radius 1 is 1.28 bits per heavy atom. The average Bonchev–Trinajstić information content (AvgIpc) is 2.69. The molecule has 1 N–H and O–H groups in total. The Labute approximate surface area is 109 Å². The summed E-state index contributed by atoms with van der Waals surface area (Å²) in [5.41, 5.74) is 1.23. The van der Waals surface area contributed by atoms with Gasteiger partial charge < -0.3 is 14.8 Å². The lowest BCUT2D eigenvalue weighted by molar-refractivity contribution is 0.210. The van der Waals surface area contributed by atoms with Crippen LogP contribution in [0.3, 0.4) is 0 Å². The molecule has 0 aromatic heterocycles. The smallest absolute Gasteiger partial charge is 0.125 e. The van der Waals surface area contributed by atoms with Gasteiger partial charge in [0.2, 0.25) is 0 Å². The molecule has 0 saturated heterocycles. The van der Waals surface area contributed by atoms with Crippen molar-refractivity contribution in [3.05, 3.63) is 23.8 Å². The van der Waals surface area contributed by atoms with E-state index in [2.05, 4.69) is 32.2 Å². The fraction of sp³-hybridized carbons (Fsp3) is 0.600. The van der Waals surface area contributed by atoms with E-state index < -0.39 is 0 Å². The summed E-state index contributed by atoms with van der Waals surface area (Å²) < 4.78 is 11.5. The summed E-state index contributed by atoms with van der Waals surface area (Å²) >= 11 is 0. The third-order valence-electron chi connectivity index (χ3n) is 3.19. The Bertz CT molecular complexity index is 392. The van der Waals surface area contributed by atoms with E-state index in [1.165, 1.54) is 5.56 Å². The normalized spacial score (nSPS) is 21.5. The maximum absolute atomic E-state index is 5.86. The molecule has 0 amide bonds. The van der Waals surface area contributed by atoms with Crippen molar-refractivity contribution in [1.82, 2.24) is 5.32 Å².